The van der Waals surface area contributed by atoms with E-state index in [1.165, 1.54) is 44.6 Å². The number of ether oxygens (including phenoxy) is 2. The Bertz CT molecular complexity index is 1460. The quantitative estimate of drug-likeness (QED) is 0.00851. The van der Waals surface area contributed by atoms with Crippen molar-refractivity contribution in [3.63, 3.8) is 0 Å². The van der Waals surface area contributed by atoms with Crippen molar-refractivity contribution >= 4 is 25.5 Å². The van der Waals surface area contributed by atoms with Crippen molar-refractivity contribution in [3.8, 4) is 0 Å². The van der Waals surface area contributed by atoms with Gasteiger partial charge in [0.15, 0.2) is 11.9 Å². The molecule has 3 unspecified atom stereocenters. The molecule has 0 heterocycles. The standard InChI is InChI=1S/C49H81O14P/c1-3-5-7-9-11-13-15-17-18-19-20-22-24-26-28-30-32-36-42(51)60-38-41(39-61-64(58,59)63-49-47(56)45(54)44(53)46(55)48(49)57)62-43(52)37-33-35-40(50)34-31-29-27-25-23-21-16-14-12-10-8-6-4-2/h11-14,17-18,21,23,27,29,31,34,41,44-49,53-57H,3-10,15-16,19-20,22,24-26,28,30,32-33,35-39H2,1-2H3,(H,58,59)/b13-11-,14-12-,18-17-,23-21-,29-27-,34-31+/t41-,44?,45-,46+,47-,48-,49?/m1/s1. The van der Waals surface area contributed by atoms with E-state index >= 15 is 0 Å². The smallest absolute Gasteiger partial charge is 0.462 e. The molecule has 15 heteroatoms. The second kappa shape index (κ2) is 38.1. The van der Waals surface area contributed by atoms with Gasteiger partial charge in [-0.25, -0.2) is 4.57 Å². The maximum absolute atomic E-state index is 12.8. The molecule has 0 aromatic carbocycles. The molecule has 64 heavy (non-hydrogen) atoms. The lowest BCUT2D eigenvalue weighted by Gasteiger charge is -2.41. The number of allylic oxidation sites excluding steroid dienone is 12. The first kappa shape index (κ1) is 59.0. The lowest BCUT2D eigenvalue weighted by Crippen LogP contribution is -2.64. The summed E-state index contributed by atoms with van der Waals surface area (Å²) in [4.78, 5) is 48.0. The van der Waals surface area contributed by atoms with Crippen molar-refractivity contribution in [2.45, 2.75) is 204 Å². The monoisotopic (exact) mass is 925 g/mol. The highest BCUT2D eigenvalue weighted by Crippen LogP contribution is 2.47. The zero-order valence-corrected chi connectivity index (χ0v) is 39.4. The highest BCUT2D eigenvalue weighted by molar-refractivity contribution is 7.47. The molecule has 366 valence electrons. The van der Waals surface area contributed by atoms with E-state index in [-0.39, 0.29) is 31.5 Å². The highest BCUT2D eigenvalue weighted by atomic mass is 31.2. The average Bonchev–Trinajstić information content (AvgIpc) is 3.27. The second-order valence-corrected chi connectivity index (χ2v) is 17.7. The van der Waals surface area contributed by atoms with Gasteiger partial charge in [-0.2, -0.15) is 0 Å². The Morgan fingerprint density at radius 3 is 1.56 bits per heavy atom. The first-order chi connectivity index (χ1) is 30.8. The van der Waals surface area contributed by atoms with Crippen molar-refractivity contribution in [2.24, 2.45) is 0 Å². The molecule has 0 radical (unpaired) electrons. The van der Waals surface area contributed by atoms with Gasteiger partial charge < -0.3 is 39.9 Å². The molecule has 14 nitrogen and oxygen atoms in total. The summed E-state index contributed by atoms with van der Waals surface area (Å²) < 4.78 is 33.3. The van der Waals surface area contributed by atoms with Crippen LogP contribution in [-0.2, 0) is 37.5 Å². The van der Waals surface area contributed by atoms with E-state index in [4.69, 9.17) is 18.5 Å². The van der Waals surface area contributed by atoms with Gasteiger partial charge in [0.05, 0.1) is 6.61 Å². The van der Waals surface area contributed by atoms with E-state index in [1.807, 2.05) is 12.2 Å². The SMILES string of the molecule is CCCCC/C=C\C/C=C\C/C=C\C=C\C(=O)CCCC(=O)O[C@H](COC(=O)CCCCCCCCC/C=C\C/C=C\CCCCC)COP(=O)(O)OC1[C@H](O)[C@H](O)C(O)[C@H](O)[C@H]1O. The van der Waals surface area contributed by atoms with Gasteiger partial charge in [0.25, 0.3) is 0 Å². The zero-order valence-electron chi connectivity index (χ0n) is 38.5. The highest BCUT2D eigenvalue weighted by Gasteiger charge is 2.51. The number of rotatable bonds is 38. The van der Waals surface area contributed by atoms with Crippen molar-refractivity contribution in [3.05, 3.63) is 72.9 Å². The summed E-state index contributed by atoms with van der Waals surface area (Å²) >= 11 is 0. The number of phosphoric ester groups is 1. The fourth-order valence-corrected chi connectivity index (χ4v) is 7.60. The number of hydrogen-bond acceptors (Lipinski definition) is 13. The van der Waals surface area contributed by atoms with Crippen molar-refractivity contribution in [1.29, 1.82) is 0 Å². The third-order valence-corrected chi connectivity index (χ3v) is 11.5. The van der Waals surface area contributed by atoms with E-state index < -0.39 is 75.7 Å². The molecule has 0 aromatic heterocycles. The number of aliphatic hydroxyl groups is 5. The molecule has 1 fully saturated rings. The van der Waals surface area contributed by atoms with Crippen molar-refractivity contribution < 1.29 is 67.9 Å². The molecule has 0 spiro atoms. The summed E-state index contributed by atoms with van der Waals surface area (Å²) in [5, 5.41) is 50.1. The van der Waals surface area contributed by atoms with E-state index in [0.29, 0.717) is 6.42 Å². The van der Waals surface area contributed by atoms with E-state index in [0.717, 1.165) is 77.0 Å². The molecular weight excluding hydrogens is 843 g/mol. The van der Waals surface area contributed by atoms with Crippen LogP contribution >= 0.6 is 7.82 Å². The molecule has 0 aromatic rings. The molecule has 0 bridgehead atoms. The van der Waals surface area contributed by atoms with Crippen LogP contribution in [0.4, 0.5) is 0 Å². The first-order valence-electron chi connectivity index (χ1n) is 23.7. The normalized spacial score (nSPS) is 22.1. The molecule has 8 atom stereocenters. The van der Waals surface area contributed by atoms with E-state index in [2.05, 4.69) is 56.4 Å². The van der Waals surface area contributed by atoms with Crippen LogP contribution < -0.4 is 0 Å². The zero-order chi connectivity index (χ0) is 47.3. The molecule has 1 aliphatic rings. The number of hydrogen-bond donors (Lipinski definition) is 6. The van der Waals surface area contributed by atoms with Gasteiger partial charge in [0.2, 0.25) is 0 Å². The van der Waals surface area contributed by atoms with Crippen LogP contribution in [0.1, 0.15) is 162 Å². The van der Waals surface area contributed by atoms with Crippen LogP contribution in [0, 0.1) is 0 Å². The second-order valence-electron chi connectivity index (χ2n) is 16.3. The summed E-state index contributed by atoms with van der Waals surface area (Å²) in [5.74, 6) is -1.57. The fourth-order valence-electron chi connectivity index (χ4n) is 6.62. The van der Waals surface area contributed by atoms with Gasteiger partial charge in [0.1, 0.15) is 43.2 Å². The molecule has 0 saturated heterocycles. The lowest BCUT2D eigenvalue weighted by atomic mass is 9.85. The topological polar surface area (TPSA) is 227 Å². The van der Waals surface area contributed by atoms with Crippen LogP contribution in [0.3, 0.4) is 0 Å². The largest absolute Gasteiger partial charge is 0.472 e. The number of ketones is 1. The van der Waals surface area contributed by atoms with E-state index in [1.54, 1.807) is 12.2 Å². The van der Waals surface area contributed by atoms with E-state index in [9.17, 15) is 49.4 Å². The van der Waals surface area contributed by atoms with Gasteiger partial charge in [-0.15, -0.1) is 0 Å². The first-order valence-corrected chi connectivity index (χ1v) is 25.2. The summed E-state index contributed by atoms with van der Waals surface area (Å²) in [6, 6.07) is 0. The minimum atomic E-state index is -5.19. The molecule has 1 saturated carbocycles. The Kier molecular flexibility index (Phi) is 35.1. The number of phosphoric acid groups is 1. The molecule has 0 aliphatic heterocycles. The summed E-state index contributed by atoms with van der Waals surface area (Å²) in [5.41, 5.74) is 0. The fraction of sp³-hybridized carbons (Fsp3) is 0.694. The third-order valence-electron chi connectivity index (χ3n) is 10.5. The minimum Gasteiger partial charge on any atom is -0.462 e. The third kappa shape index (κ3) is 30.2. The Labute approximate surface area is 382 Å². The van der Waals surface area contributed by atoms with Gasteiger partial charge in [-0.1, -0.05) is 138 Å². The minimum absolute atomic E-state index is 0.0485. The summed E-state index contributed by atoms with van der Waals surface area (Å²) in [7, 11) is -5.19. The van der Waals surface area contributed by atoms with Crippen LogP contribution in [0.15, 0.2) is 72.9 Å². The number of carbonyl (C=O) groups is 3. The maximum Gasteiger partial charge on any atom is 0.472 e. The van der Waals surface area contributed by atoms with Gasteiger partial charge in [-0.3, -0.25) is 23.4 Å². The predicted molar refractivity (Wildman–Crippen MR) is 249 cm³/mol. The van der Waals surface area contributed by atoms with Crippen LogP contribution in [0.2, 0.25) is 0 Å². The predicted octanol–water partition coefficient (Wildman–Crippen LogP) is 8.68. The van der Waals surface area contributed by atoms with Crippen LogP contribution in [0.25, 0.3) is 0 Å². The Morgan fingerprint density at radius 1 is 0.531 bits per heavy atom. The molecule has 6 N–H and O–H groups in total. The lowest BCUT2D eigenvalue weighted by molar-refractivity contribution is -0.220. The maximum atomic E-state index is 12.8. The van der Waals surface area contributed by atoms with Gasteiger partial charge >= 0.3 is 19.8 Å². The average molecular weight is 925 g/mol. The number of aliphatic hydroxyl groups excluding tert-OH is 5. The number of unbranched alkanes of at least 4 members (excludes halogenated alkanes) is 13. The summed E-state index contributed by atoms with van der Waals surface area (Å²) in [6.07, 6.45) is 30.9. The van der Waals surface area contributed by atoms with Gasteiger partial charge in [-0.05, 0) is 76.7 Å². The molecule has 1 aliphatic carbocycles. The van der Waals surface area contributed by atoms with Crippen LogP contribution in [-0.4, -0.2) is 104 Å². The Balaban J connectivity index is 2.55. The van der Waals surface area contributed by atoms with Gasteiger partial charge in [0, 0.05) is 19.3 Å². The number of esters is 2. The van der Waals surface area contributed by atoms with Crippen molar-refractivity contribution in [1.82, 2.24) is 0 Å². The molecular formula is C49H81O14P. The van der Waals surface area contributed by atoms with Crippen molar-refractivity contribution in [2.75, 3.05) is 13.2 Å². The summed E-state index contributed by atoms with van der Waals surface area (Å²) in [6.45, 7) is 3.03. The molecule has 0 amide bonds. The molecule has 1 rings (SSSR count). The Morgan fingerprint density at radius 2 is 1.00 bits per heavy atom. The number of carbonyl (C=O) groups excluding carboxylic acids is 3. The Hall–Kier alpha value is -3.04. The van der Waals surface area contributed by atoms with Crippen LogP contribution in [0.5, 0.6) is 0 Å².